The van der Waals surface area contributed by atoms with Crippen molar-refractivity contribution in [2.75, 3.05) is 12.4 Å². The highest BCUT2D eigenvalue weighted by molar-refractivity contribution is 7.89. The lowest BCUT2D eigenvalue weighted by Crippen LogP contribution is -2.27. The third kappa shape index (κ3) is 5.20. The first-order valence-corrected chi connectivity index (χ1v) is 12.3. The summed E-state index contributed by atoms with van der Waals surface area (Å²) < 4.78 is 36.8. The van der Waals surface area contributed by atoms with Crippen molar-refractivity contribution >= 4 is 32.6 Å². The standard InChI is InChI=1S/C26H25N3O5S/c1-16-8-12-21(13-9-16)35(31,32)29-28-26-22(15-19-6-5-7-23(33-4)24(19)34-26)25(30)27-20-11-10-17(2)18(3)14-20/h5-15,29H,1-4H3,(H,27,30)/b28-26-. The second kappa shape index (κ2) is 9.63. The zero-order valence-corrected chi connectivity index (χ0v) is 20.6. The Morgan fingerprint density at radius 2 is 1.69 bits per heavy atom. The van der Waals surface area contributed by atoms with Crippen LogP contribution in [0.15, 0.2) is 81.1 Å². The molecule has 2 N–H and O–H groups in total. The number of sulfonamides is 1. The van der Waals surface area contributed by atoms with Gasteiger partial charge in [0.15, 0.2) is 11.3 Å². The van der Waals surface area contributed by atoms with Crippen LogP contribution >= 0.6 is 0 Å². The predicted molar refractivity (Wildman–Crippen MR) is 134 cm³/mol. The number of amides is 1. The molecule has 0 spiro atoms. The fourth-order valence-electron chi connectivity index (χ4n) is 3.42. The number of para-hydroxylation sites is 1. The van der Waals surface area contributed by atoms with E-state index in [1.165, 1.54) is 19.2 Å². The number of carbonyl (C=O) groups is 1. The molecule has 1 heterocycles. The van der Waals surface area contributed by atoms with Crippen LogP contribution in [-0.4, -0.2) is 21.4 Å². The zero-order chi connectivity index (χ0) is 25.2. The number of nitrogens with one attached hydrogen (secondary N) is 2. The van der Waals surface area contributed by atoms with Gasteiger partial charge in [0.1, 0.15) is 5.56 Å². The molecule has 0 saturated carbocycles. The van der Waals surface area contributed by atoms with Gasteiger partial charge in [-0.1, -0.05) is 35.9 Å². The number of fused-ring (bicyclic) bond motifs is 1. The highest BCUT2D eigenvalue weighted by Gasteiger charge is 2.17. The predicted octanol–water partition coefficient (Wildman–Crippen LogP) is 4.41. The lowest BCUT2D eigenvalue weighted by molar-refractivity contribution is 0.102. The summed E-state index contributed by atoms with van der Waals surface area (Å²) in [4.78, 5) is 15.4. The first-order chi connectivity index (χ1) is 16.7. The molecule has 1 aromatic heterocycles. The summed E-state index contributed by atoms with van der Waals surface area (Å²) in [7, 11) is -2.51. The van der Waals surface area contributed by atoms with E-state index in [0.29, 0.717) is 22.4 Å². The number of hydrogen-bond acceptors (Lipinski definition) is 6. The number of aryl methyl sites for hydroxylation is 3. The number of benzene rings is 3. The van der Waals surface area contributed by atoms with Gasteiger partial charge in [-0.15, -0.1) is 5.10 Å². The zero-order valence-electron chi connectivity index (χ0n) is 19.7. The van der Waals surface area contributed by atoms with Gasteiger partial charge < -0.3 is 14.5 Å². The van der Waals surface area contributed by atoms with E-state index < -0.39 is 15.9 Å². The average Bonchev–Trinajstić information content (AvgIpc) is 2.84. The van der Waals surface area contributed by atoms with Gasteiger partial charge in [0.05, 0.1) is 12.0 Å². The maximum atomic E-state index is 13.2. The maximum absolute atomic E-state index is 13.2. The SMILES string of the molecule is COc1cccc2cc(C(=O)Nc3ccc(C)c(C)c3)/c(=N/NS(=O)(=O)c3ccc(C)cc3)oc12. The molecular weight excluding hydrogens is 466 g/mol. The van der Waals surface area contributed by atoms with Crippen molar-refractivity contribution in [2.45, 2.75) is 25.7 Å². The number of anilines is 1. The average molecular weight is 492 g/mol. The molecule has 1 amide bonds. The van der Waals surface area contributed by atoms with Crippen LogP contribution in [-0.2, 0) is 10.0 Å². The van der Waals surface area contributed by atoms with E-state index in [-0.39, 0.29) is 16.0 Å². The van der Waals surface area contributed by atoms with Crippen LogP contribution in [0.2, 0.25) is 0 Å². The molecule has 180 valence electrons. The Morgan fingerprint density at radius 1 is 0.943 bits per heavy atom. The van der Waals surface area contributed by atoms with Crippen molar-refractivity contribution in [1.29, 1.82) is 0 Å². The topological polar surface area (TPSA) is 110 Å². The first kappa shape index (κ1) is 24.0. The maximum Gasteiger partial charge on any atom is 0.276 e. The lowest BCUT2D eigenvalue weighted by atomic mass is 10.1. The Hall–Kier alpha value is -4.11. The van der Waals surface area contributed by atoms with Crippen molar-refractivity contribution < 1.29 is 22.4 Å². The van der Waals surface area contributed by atoms with Crippen molar-refractivity contribution in [1.82, 2.24) is 4.83 Å². The Morgan fingerprint density at radius 3 is 2.37 bits per heavy atom. The lowest BCUT2D eigenvalue weighted by Gasteiger charge is -2.10. The number of hydrogen-bond donors (Lipinski definition) is 2. The molecule has 9 heteroatoms. The normalized spacial score (nSPS) is 11.9. The largest absolute Gasteiger partial charge is 0.493 e. The smallest absolute Gasteiger partial charge is 0.276 e. The molecule has 0 saturated heterocycles. The fourth-order valence-corrected chi connectivity index (χ4v) is 4.22. The van der Waals surface area contributed by atoms with Gasteiger partial charge in [-0.25, -0.2) is 0 Å². The van der Waals surface area contributed by atoms with E-state index in [0.717, 1.165) is 16.7 Å². The number of methoxy groups -OCH3 is 1. The molecule has 4 aromatic rings. The molecule has 3 aromatic carbocycles. The molecule has 4 rings (SSSR count). The van der Waals surface area contributed by atoms with E-state index >= 15 is 0 Å². The third-order valence-electron chi connectivity index (χ3n) is 5.57. The summed E-state index contributed by atoms with van der Waals surface area (Å²) in [6.07, 6.45) is 0. The molecule has 0 aliphatic rings. The Labute approximate surface area is 203 Å². The molecule has 0 aliphatic carbocycles. The summed E-state index contributed by atoms with van der Waals surface area (Å²) in [6, 6.07) is 18.7. The van der Waals surface area contributed by atoms with Crippen LogP contribution in [0.4, 0.5) is 5.69 Å². The number of carbonyl (C=O) groups excluding carboxylic acids is 1. The van der Waals surface area contributed by atoms with Crippen molar-refractivity contribution in [3.63, 3.8) is 0 Å². The highest BCUT2D eigenvalue weighted by atomic mass is 32.2. The number of ether oxygens (including phenoxy) is 1. The van der Waals surface area contributed by atoms with Gasteiger partial charge in [0.2, 0.25) is 5.55 Å². The third-order valence-corrected chi connectivity index (χ3v) is 6.79. The molecule has 0 bridgehead atoms. The Bertz CT molecular complexity index is 1590. The van der Waals surface area contributed by atoms with Crippen LogP contribution < -0.4 is 20.4 Å². The summed E-state index contributed by atoms with van der Waals surface area (Å²) in [5.41, 5.74) is 3.79. The minimum absolute atomic E-state index is 0.0337. The molecule has 0 radical (unpaired) electrons. The fraction of sp³-hybridized carbons (Fsp3) is 0.154. The Kier molecular flexibility index (Phi) is 6.61. The Balaban J connectivity index is 1.80. The highest BCUT2D eigenvalue weighted by Crippen LogP contribution is 2.25. The quantitative estimate of drug-likeness (QED) is 0.388. The first-order valence-electron chi connectivity index (χ1n) is 10.8. The van der Waals surface area contributed by atoms with Gasteiger partial charge in [-0.2, -0.15) is 13.2 Å². The number of rotatable bonds is 6. The molecule has 0 aliphatic heterocycles. The summed E-state index contributed by atoms with van der Waals surface area (Å²) in [5, 5.41) is 7.40. The van der Waals surface area contributed by atoms with Crippen molar-refractivity contribution in [2.24, 2.45) is 5.10 Å². The van der Waals surface area contributed by atoms with E-state index in [4.69, 9.17) is 9.15 Å². The summed E-state index contributed by atoms with van der Waals surface area (Å²) >= 11 is 0. The van der Waals surface area contributed by atoms with Crippen molar-refractivity contribution in [3.8, 4) is 5.75 Å². The molecule has 0 atom stereocenters. The summed E-state index contributed by atoms with van der Waals surface area (Å²) in [5.74, 6) is -0.0866. The molecule has 0 unspecified atom stereocenters. The van der Waals surface area contributed by atoms with E-state index in [9.17, 15) is 13.2 Å². The van der Waals surface area contributed by atoms with Crippen molar-refractivity contribution in [3.05, 3.63) is 94.5 Å². The van der Waals surface area contributed by atoms with Crippen LogP contribution in [0.1, 0.15) is 27.0 Å². The minimum Gasteiger partial charge on any atom is -0.493 e. The molecule has 0 fully saturated rings. The molecule has 8 nitrogen and oxygen atoms in total. The molecular formula is C26H25N3O5S. The van der Waals surface area contributed by atoms with Crippen LogP contribution in [0.25, 0.3) is 11.0 Å². The second-order valence-electron chi connectivity index (χ2n) is 8.12. The van der Waals surface area contributed by atoms with Crippen LogP contribution in [0, 0.1) is 20.8 Å². The van der Waals surface area contributed by atoms with Gasteiger partial charge in [-0.05, 0) is 68.3 Å². The second-order valence-corrected chi connectivity index (χ2v) is 9.78. The van der Waals surface area contributed by atoms with Gasteiger partial charge >= 0.3 is 0 Å². The monoisotopic (exact) mass is 491 g/mol. The van der Waals surface area contributed by atoms with Crippen LogP contribution in [0.3, 0.4) is 0 Å². The van der Waals surface area contributed by atoms with E-state index in [1.54, 1.807) is 42.5 Å². The van der Waals surface area contributed by atoms with Gasteiger partial charge in [0.25, 0.3) is 15.9 Å². The number of nitrogens with zero attached hydrogens (tertiary/aromatic N) is 1. The van der Waals surface area contributed by atoms with Crippen LogP contribution in [0.5, 0.6) is 5.75 Å². The summed E-state index contributed by atoms with van der Waals surface area (Å²) in [6.45, 7) is 5.78. The van der Waals surface area contributed by atoms with Gasteiger partial charge in [0, 0.05) is 11.1 Å². The molecule has 35 heavy (non-hydrogen) atoms. The minimum atomic E-state index is -4.00. The van der Waals surface area contributed by atoms with Gasteiger partial charge in [-0.3, -0.25) is 4.79 Å². The van der Waals surface area contributed by atoms with E-state index in [1.807, 2.05) is 32.9 Å². The van der Waals surface area contributed by atoms with E-state index in [2.05, 4.69) is 15.2 Å².